The first-order chi connectivity index (χ1) is 5.25. The molecule has 0 saturated heterocycles. The summed E-state index contributed by atoms with van der Waals surface area (Å²) in [5.74, 6) is 0. The van der Waals surface area contributed by atoms with Crippen LogP contribution in [0.4, 0.5) is 0 Å². The van der Waals surface area contributed by atoms with Crippen LogP contribution in [-0.2, 0) is 4.43 Å². The molecule has 0 N–H and O–H groups in total. The van der Waals surface area contributed by atoms with E-state index < -0.39 is 9.76 Å². The fourth-order valence-electron chi connectivity index (χ4n) is 1.10. The topological polar surface area (TPSA) is 9.23 Å². The van der Waals surface area contributed by atoms with Crippen LogP contribution in [0.3, 0.4) is 0 Å². The fourth-order valence-corrected chi connectivity index (χ4v) is 2.23. The van der Waals surface area contributed by atoms with Crippen LogP contribution in [-0.4, -0.2) is 16.4 Å². The molecular formula is C9H15KOSi. The van der Waals surface area contributed by atoms with E-state index in [0.29, 0.717) is 0 Å². The second kappa shape index (κ2) is 6.59. The fraction of sp³-hybridized carbons (Fsp3) is 0.444. The predicted molar refractivity (Wildman–Crippen MR) is 51.3 cm³/mol. The monoisotopic (exact) mass is 206 g/mol. The smallest absolute Gasteiger partial charge is 0.433 e. The average Bonchev–Trinajstić information content (AvgIpc) is 2.31. The van der Waals surface area contributed by atoms with Gasteiger partial charge in [0.1, 0.15) is 9.76 Å². The zero-order chi connectivity index (χ0) is 8.27. The summed E-state index contributed by atoms with van der Waals surface area (Å²) in [5.41, 5.74) is 2.83. The SMILES string of the molecule is CCO[SiH2][c-]1ccc(C)c1C.[K+]. The minimum atomic E-state index is -0.420. The average molecular weight is 206 g/mol. The van der Waals surface area contributed by atoms with Crippen LogP contribution in [0.5, 0.6) is 0 Å². The zero-order valence-corrected chi connectivity index (χ0v) is 13.0. The van der Waals surface area contributed by atoms with Crippen molar-refractivity contribution in [1.82, 2.24) is 0 Å². The van der Waals surface area contributed by atoms with Gasteiger partial charge in [-0.1, -0.05) is 13.8 Å². The Hall–Kier alpha value is 1.16. The first-order valence-electron chi connectivity index (χ1n) is 4.05. The molecule has 1 nitrogen and oxygen atoms in total. The summed E-state index contributed by atoms with van der Waals surface area (Å²) in [6, 6.07) is 4.38. The van der Waals surface area contributed by atoms with Crippen molar-refractivity contribution in [2.75, 3.05) is 6.61 Å². The van der Waals surface area contributed by atoms with Crippen LogP contribution in [0, 0.1) is 13.8 Å². The Morgan fingerprint density at radius 1 is 1.50 bits per heavy atom. The number of rotatable bonds is 3. The van der Waals surface area contributed by atoms with Gasteiger partial charge in [-0.3, -0.25) is 0 Å². The molecular weight excluding hydrogens is 191 g/mol. The summed E-state index contributed by atoms with van der Waals surface area (Å²) in [7, 11) is -0.420. The molecule has 0 aliphatic rings. The van der Waals surface area contributed by atoms with Crippen molar-refractivity contribution >= 4 is 14.9 Å². The quantitative estimate of drug-likeness (QED) is 0.402. The summed E-state index contributed by atoms with van der Waals surface area (Å²) in [6.07, 6.45) is 0. The van der Waals surface area contributed by atoms with Crippen molar-refractivity contribution in [2.45, 2.75) is 20.8 Å². The molecule has 0 aliphatic carbocycles. The summed E-state index contributed by atoms with van der Waals surface area (Å²) in [6.45, 7) is 7.24. The van der Waals surface area contributed by atoms with Crippen molar-refractivity contribution in [2.24, 2.45) is 0 Å². The molecule has 1 aromatic carbocycles. The van der Waals surface area contributed by atoms with E-state index in [-0.39, 0.29) is 51.4 Å². The molecule has 1 aromatic rings. The summed E-state index contributed by atoms with van der Waals surface area (Å²) < 4.78 is 5.45. The van der Waals surface area contributed by atoms with E-state index in [2.05, 4.69) is 32.9 Å². The Morgan fingerprint density at radius 2 is 2.17 bits per heavy atom. The van der Waals surface area contributed by atoms with E-state index >= 15 is 0 Å². The molecule has 0 heterocycles. The van der Waals surface area contributed by atoms with Crippen LogP contribution in [0.15, 0.2) is 12.1 Å². The van der Waals surface area contributed by atoms with Gasteiger partial charge in [0.25, 0.3) is 0 Å². The molecule has 0 atom stereocenters. The van der Waals surface area contributed by atoms with Crippen LogP contribution in [0.25, 0.3) is 0 Å². The van der Waals surface area contributed by atoms with Crippen molar-refractivity contribution < 1.29 is 55.8 Å². The molecule has 0 aliphatic heterocycles. The van der Waals surface area contributed by atoms with E-state index in [1.165, 1.54) is 16.3 Å². The summed E-state index contributed by atoms with van der Waals surface area (Å²) in [4.78, 5) is 0. The molecule has 0 bridgehead atoms. The van der Waals surface area contributed by atoms with Gasteiger partial charge in [0.05, 0.1) is 0 Å². The normalized spacial score (nSPS) is 10.6. The Balaban J connectivity index is 0.00000121. The van der Waals surface area contributed by atoms with Crippen LogP contribution in [0.1, 0.15) is 18.1 Å². The van der Waals surface area contributed by atoms with Crippen LogP contribution >= 0.6 is 0 Å². The van der Waals surface area contributed by atoms with Crippen molar-refractivity contribution in [3.63, 3.8) is 0 Å². The van der Waals surface area contributed by atoms with Gasteiger partial charge in [-0.2, -0.15) is 17.2 Å². The molecule has 0 spiro atoms. The molecule has 0 radical (unpaired) electrons. The Morgan fingerprint density at radius 3 is 2.58 bits per heavy atom. The van der Waals surface area contributed by atoms with Crippen molar-refractivity contribution in [3.05, 3.63) is 23.3 Å². The number of hydrogen-bond acceptors (Lipinski definition) is 1. The maximum absolute atomic E-state index is 5.45. The first-order valence-corrected chi connectivity index (χ1v) is 5.33. The third-order valence-corrected chi connectivity index (χ3v) is 3.76. The second-order valence-corrected chi connectivity index (χ2v) is 4.26. The number of hydrogen-bond donors (Lipinski definition) is 0. The standard InChI is InChI=1S/C9H15OSi.K/c1-4-10-11-9-6-5-7(2)8(9)3;/h5-6H,4,11H2,1-3H3;/q-1;+1. The van der Waals surface area contributed by atoms with Crippen molar-refractivity contribution in [1.29, 1.82) is 0 Å². The molecule has 12 heavy (non-hydrogen) atoms. The number of aryl methyl sites for hydroxylation is 1. The molecule has 0 amide bonds. The van der Waals surface area contributed by atoms with Gasteiger partial charge in [0.15, 0.2) is 0 Å². The van der Waals surface area contributed by atoms with Gasteiger partial charge < -0.3 is 4.43 Å². The molecule has 3 heteroatoms. The van der Waals surface area contributed by atoms with E-state index in [1.54, 1.807) is 0 Å². The molecule has 1 rings (SSSR count). The molecule has 62 valence electrons. The largest absolute Gasteiger partial charge is 1.00 e. The molecule has 0 fully saturated rings. The van der Waals surface area contributed by atoms with E-state index in [1.807, 2.05) is 0 Å². The minimum Gasteiger partial charge on any atom is -0.433 e. The van der Waals surface area contributed by atoms with Crippen LogP contribution < -0.4 is 56.6 Å². The summed E-state index contributed by atoms with van der Waals surface area (Å²) >= 11 is 0. The third kappa shape index (κ3) is 3.50. The summed E-state index contributed by atoms with van der Waals surface area (Å²) in [5, 5.41) is 1.46. The van der Waals surface area contributed by atoms with E-state index in [0.717, 1.165) is 6.61 Å². The maximum atomic E-state index is 5.45. The van der Waals surface area contributed by atoms with Gasteiger partial charge in [-0.15, -0.1) is 5.19 Å². The third-order valence-electron chi connectivity index (χ3n) is 2.07. The van der Waals surface area contributed by atoms with Gasteiger partial charge in [-0.05, 0) is 6.92 Å². The Bertz CT molecular complexity index is 232. The van der Waals surface area contributed by atoms with Crippen molar-refractivity contribution in [3.8, 4) is 0 Å². The molecule has 0 saturated carbocycles. The Kier molecular flexibility index (Phi) is 7.23. The second-order valence-electron chi connectivity index (χ2n) is 2.80. The minimum absolute atomic E-state index is 0. The van der Waals surface area contributed by atoms with E-state index in [4.69, 9.17) is 4.43 Å². The van der Waals surface area contributed by atoms with Gasteiger partial charge >= 0.3 is 51.4 Å². The van der Waals surface area contributed by atoms with Gasteiger partial charge in [-0.25, -0.2) is 6.07 Å². The van der Waals surface area contributed by atoms with Gasteiger partial charge in [0, 0.05) is 6.61 Å². The van der Waals surface area contributed by atoms with Gasteiger partial charge in [0.2, 0.25) is 0 Å². The molecule has 0 unspecified atom stereocenters. The van der Waals surface area contributed by atoms with E-state index in [9.17, 15) is 0 Å². The zero-order valence-electron chi connectivity index (χ0n) is 8.48. The Labute approximate surface area is 120 Å². The molecule has 0 aromatic heterocycles. The predicted octanol–water partition coefficient (Wildman–Crippen LogP) is -2.23. The maximum Gasteiger partial charge on any atom is 1.00 e. The first kappa shape index (κ1) is 13.2. The van der Waals surface area contributed by atoms with Crippen LogP contribution in [0.2, 0.25) is 0 Å².